The maximum Gasteiger partial charge on any atom is 0.191 e. The van der Waals surface area contributed by atoms with Crippen molar-refractivity contribution < 1.29 is 14.6 Å². The molecule has 1 aromatic heterocycles. The standard InChI is InChI=1S/C22H25N3O3S.HI/c1-23-22(24-13-16-7-4-8-18-21(16)28-11-5-10-27-18)25-14-17(26)20-12-15-6-2-3-9-19(15)29-20;/h2-4,6-9,12,17,26H,5,10-11,13-14H2,1H3,(H2,23,24,25);1H. The SMILES string of the molecule is CN=C(NCc1cccc2c1OCCCO2)NCC(O)c1cc2ccccc2s1.I. The van der Waals surface area contributed by atoms with E-state index in [2.05, 4.69) is 27.8 Å². The Morgan fingerprint density at radius 2 is 1.97 bits per heavy atom. The van der Waals surface area contributed by atoms with E-state index in [0.717, 1.165) is 33.7 Å². The van der Waals surface area contributed by atoms with Gasteiger partial charge in [-0.05, 0) is 23.6 Å². The van der Waals surface area contributed by atoms with Crippen LogP contribution in [0.5, 0.6) is 11.5 Å². The van der Waals surface area contributed by atoms with Crippen LogP contribution in [-0.2, 0) is 6.54 Å². The average Bonchev–Trinajstić information content (AvgIpc) is 3.04. The molecule has 160 valence electrons. The minimum Gasteiger partial charge on any atom is -0.490 e. The van der Waals surface area contributed by atoms with Crippen LogP contribution in [0.3, 0.4) is 0 Å². The molecule has 0 amide bonds. The smallest absolute Gasteiger partial charge is 0.191 e. The van der Waals surface area contributed by atoms with Crippen LogP contribution in [0.25, 0.3) is 10.1 Å². The van der Waals surface area contributed by atoms with E-state index < -0.39 is 6.10 Å². The summed E-state index contributed by atoms with van der Waals surface area (Å²) in [6, 6.07) is 16.1. The molecule has 1 aliphatic heterocycles. The van der Waals surface area contributed by atoms with Crippen LogP contribution in [0.15, 0.2) is 53.5 Å². The fourth-order valence-electron chi connectivity index (χ4n) is 3.25. The van der Waals surface area contributed by atoms with Crippen LogP contribution in [0, 0.1) is 0 Å². The van der Waals surface area contributed by atoms with E-state index in [1.54, 1.807) is 18.4 Å². The number of nitrogens with one attached hydrogen (secondary N) is 2. The van der Waals surface area contributed by atoms with E-state index in [9.17, 15) is 5.11 Å². The normalized spacial score (nSPS) is 14.5. The molecule has 1 atom stereocenters. The Morgan fingerprint density at radius 1 is 1.13 bits per heavy atom. The highest BCUT2D eigenvalue weighted by Crippen LogP contribution is 2.33. The summed E-state index contributed by atoms with van der Waals surface area (Å²) in [5.74, 6) is 2.19. The van der Waals surface area contributed by atoms with Crippen molar-refractivity contribution in [3.05, 3.63) is 59.0 Å². The molecule has 30 heavy (non-hydrogen) atoms. The fraction of sp³-hybridized carbons (Fsp3) is 0.318. The molecule has 0 fully saturated rings. The monoisotopic (exact) mass is 539 g/mol. The zero-order chi connectivity index (χ0) is 20.1. The van der Waals surface area contributed by atoms with E-state index in [1.807, 2.05) is 36.4 Å². The summed E-state index contributed by atoms with van der Waals surface area (Å²) in [4.78, 5) is 5.19. The molecule has 2 aromatic carbocycles. The largest absolute Gasteiger partial charge is 0.490 e. The second kappa shape index (κ2) is 10.8. The van der Waals surface area contributed by atoms with Crippen molar-refractivity contribution >= 4 is 51.4 Å². The molecular formula is C22H26IN3O3S. The van der Waals surface area contributed by atoms with Gasteiger partial charge >= 0.3 is 0 Å². The molecule has 1 unspecified atom stereocenters. The molecule has 1 aliphatic rings. The quantitative estimate of drug-likeness (QED) is 0.259. The van der Waals surface area contributed by atoms with Gasteiger partial charge in [-0.1, -0.05) is 30.3 Å². The third-order valence-electron chi connectivity index (χ3n) is 4.76. The van der Waals surface area contributed by atoms with Crippen LogP contribution in [0.4, 0.5) is 0 Å². The Morgan fingerprint density at radius 3 is 2.80 bits per heavy atom. The number of thiophene rings is 1. The minimum absolute atomic E-state index is 0. The van der Waals surface area contributed by atoms with Crippen molar-refractivity contribution in [2.24, 2.45) is 4.99 Å². The Kier molecular flexibility index (Phi) is 8.17. The number of benzene rings is 2. The predicted octanol–water partition coefficient (Wildman–Crippen LogP) is 4.08. The Balaban J connectivity index is 0.00000256. The molecule has 2 heterocycles. The second-order valence-electron chi connectivity index (χ2n) is 6.80. The molecule has 0 saturated heterocycles. The summed E-state index contributed by atoms with van der Waals surface area (Å²) in [7, 11) is 1.71. The molecule has 0 spiro atoms. The van der Waals surface area contributed by atoms with Crippen molar-refractivity contribution in [2.75, 3.05) is 26.8 Å². The van der Waals surface area contributed by atoms with Crippen LogP contribution in [0.1, 0.15) is 23.0 Å². The van der Waals surface area contributed by atoms with Gasteiger partial charge in [0.2, 0.25) is 0 Å². The maximum absolute atomic E-state index is 10.6. The van der Waals surface area contributed by atoms with Crippen molar-refractivity contribution in [3.8, 4) is 11.5 Å². The average molecular weight is 539 g/mol. The van der Waals surface area contributed by atoms with E-state index in [4.69, 9.17) is 9.47 Å². The molecule has 0 saturated carbocycles. The highest BCUT2D eigenvalue weighted by Gasteiger charge is 2.15. The number of guanidine groups is 1. The first kappa shape index (κ1) is 22.6. The van der Waals surface area contributed by atoms with Crippen molar-refractivity contribution in [1.82, 2.24) is 10.6 Å². The lowest BCUT2D eigenvalue weighted by Gasteiger charge is -2.16. The lowest BCUT2D eigenvalue weighted by molar-refractivity contribution is 0.184. The van der Waals surface area contributed by atoms with Crippen LogP contribution < -0.4 is 20.1 Å². The number of hydrogen-bond donors (Lipinski definition) is 3. The Labute approximate surface area is 197 Å². The third-order valence-corrected chi connectivity index (χ3v) is 5.98. The predicted molar refractivity (Wildman–Crippen MR) is 132 cm³/mol. The molecule has 3 aromatic rings. The number of ether oxygens (including phenoxy) is 2. The van der Waals surface area contributed by atoms with Crippen LogP contribution >= 0.6 is 35.3 Å². The first-order valence-electron chi connectivity index (χ1n) is 9.73. The van der Waals surface area contributed by atoms with Crippen molar-refractivity contribution in [2.45, 2.75) is 19.1 Å². The highest BCUT2D eigenvalue weighted by molar-refractivity contribution is 14.0. The van der Waals surface area contributed by atoms with E-state index in [0.29, 0.717) is 32.3 Å². The summed E-state index contributed by atoms with van der Waals surface area (Å²) >= 11 is 1.61. The number of aliphatic hydroxyl groups excluding tert-OH is 1. The molecule has 0 bridgehead atoms. The molecule has 6 nitrogen and oxygen atoms in total. The zero-order valence-corrected chi connectivity index (χ0v) is 19.9. The number of fused-ring (bicyclic) bond motifs is 2. The summed E-state index contributed by atoms with van der Waals surface area (Å²) < 4.78 is 12.8. The number of halogens is 1. The molecular weight excluding hydrogens is 513 g/mol. The van der Waals surface area contributed by atoms with E-state index in [1.165, 1.54) is 4.70 Å². The number of rotatable bonds is 5. The number of para-hydroxylation sites is 1. The molecule has 0 radical (unpaired) electrons. The van der Waals surface area contributed by atoms with Crippen LogP contribution in [0.2, 0.25) is 0 Å². The fourth-order valence-corrected chi connectivity index (χ4v) is 4.30. The maximum atomic E-state index is 10.6. The lowest BCUT2D eigenvalue weighted by Crippen LogP contribution is -2.39. The van der Waals surface area contributed by atoms with Crippen molar-refractivity contribution in [3.63, 3.8) is 0 Å². The Hall–Kier alpha value is -2.04. The van der Waals surface area contributed by atoms with Gasteiger partial charge in [-0.25, -0.2) is 0 Å². The van der Waals surface area contributed by atoms with Gasteiger partial charge in [-0.3, -0.25) is 4.99 Å². The highest BCUT2D eigenvalue weighted by atomic mass is 127. The van der Waals surface area contributed by atoms with Gasteiger partial charge in [0.1, 0.15) is 6.10 Å². The summed E-state index contributed by atoms with van der Waals surface area (Å²) in [5.41, 5.74) is 1.01. The molecule has 3 N–H and O–H groups in total. The Bertz CT molecular complexity index is 975. The number of nitrogens with zero attached hydrogens (tertiary/aromatic N) is 1. The third kappa shape index (κ3) is 5.35. The summed E-state index contributed by atoms with van der Waals surface area (Å²) in [5, 5.41) is 18.2. The zero-order valence-electron chi connectivity index (χ0n) is 16.8. The molecule has 8 heteroatoms. The van der Waals surface area contributed by atoms with Crippen molar-refractivity contribution in [1.29, 1.82) is 0 Å². The number of hydrogen-bond acceptors (Lipinski definition) is 5. The van der Waals surface area contributed by atoms with Crippen LogP contribution in [-0.4, -0.2) is 37.9 Å². The van der Waals surface area contributed by atoms with Gasteiger partial charge < -0.3 is 25.2 Å². The van der Waals surface area contributed by atoms with E-state index in [-0.39, 0.29) is 24.0 Å². The first-order valence-corrected chi connectivity index (χ1v) is 10.5. The topological polar surface area (TPSA) is 75.1 Å². The van der Waals surface area contributed by atoms with Gasteiger partial charge in [0.25, 0.3) is 0 Å². The molecule has 4 rings (SSSR count). The second-order valence-corrected chi connectivity index (χ2v) is 7.92. The van der Waals surface area contributed by atoms with Gasteiger partial charge in [-0.2, -0.15) is 0 Å². The van der Waals surface area contributed by atoms with E-state index >= 15 is 0 Å². The number of aliphatic imine (C=N–C) groups is 1. The molecule has 0 aliphatic carbocycles. The van der Waals surface area contributed by atoms with Gasteiger partial charge in [0.05, 0.1) is 13.2 Å². The van der Waals surface area contributed by atoms with Gasteiger partial charge in [0.15, 0.2) is 17.5 Å². The lowest BCUT2D eigenvalue weighted by atomic mass is 10.2. The summed E-state index contributed by atoms with van der Waals surface area (Å²) in [6.45, 7) is 2.24. The summed E-state index contributed by atoms with van der Waals surface area (Å²) in [6.07, 6.45) is 0.274. The minimum atomic E-state index is -0.601. The first-order chi connectivity index (χ1) is 14.2. The van der Waals surface area contributed by atoms with Gasteiger partial charge in [0, 0.05) is 41.7 Å². The van der Waals surface area contributed by atoms with Gasteiger partial charge in [-0.15, -0.1) is 35.3 Å². The number of aliphatic hydroxyl groups is 1.